The highest BCUT2D eigenvalue weighted by Crippen LogP contribution is 2.40. The molecular formula is C20H19FN2O3S2. The standard InChI is InChI=1S/C20H19FN2O3S2/c1-2-26-19(24)11-17-20(25)23(15-8-3-4-9-16(15)28-17)12-18(27)22-14-7-5-6-13(21)10-14/h3-10,17H,2,11-12H2,1H3,(H,22,27). The first-order valence-corrected chi connectivity index (χ1v) is 10.0. The number of ether oxygens (including phenoxy) is 1. The molecule has 0 fully saturated rings. The van der Waals surface area contributed by atoms with Crippen LogP contribution in [0.2, 0.25) is 0 Å². The Morgan fingerprint density at radius 3 is 2.82 bits per heavy atom. The number of carbonyl (C=O) groups excluding carboxylic acids is 2. The van der Waals surface area contributed by atoms with Gasteiger partial charge in [0.2, 0.25) is 5.91 Å². The van der Waals surface area contributed by atoms with Crippen LogP contribution in [0.3, 0.4) is 0 Å². The topological polar surface area (TPSA) is 58.6 Å². The van der Waals surface area contributed by atoms with Crippen molar-refractivity contribution in [1.29, 1.82) is 0 Å². The third-order valence-corrected chi connectivity index (χ3v) is 5.52. The van der Waals surface area contributed by atoms with Crippen LogP contribution in [0.5, 0.6) is 0 Å². The predicted molar refractivity (Wildman–Crippen MR) is 112 cm³/mol. The highest BCUT2D eigenvalue weighted by Gasteiger charge is 2.35. The van der Waals surface area contributed by atoms with E-state index in [1.54, 1.807) is 24.0 Å². The molecule has 0 radical (unpaired) electrons. The summed E-state index contributed by atoms with van der Waals surface area (Å²) in [5.74, 6) is -0.994. The Bertz CT molecular complexity index is 907. The number of carbonyl (C=O) groups is 2. The van der Waals surface area contributed by atoms with Gasteiger partial charge in [-0.1, -0.05) is 30.4 Å². The molecule has 1 amide bonds. The number of amides is 1. The summed E-state index contributed by atoms with van der Waals surface area (Å²) in [6.07, 6.45) is -0.00768. The summed E-state index contributed by atoms with van der Waals surface area (Å²) >= 11 is 6.74. The second-order valence-corrected chi connectivity index (χ2v) is 7.80. The molecule has 0 spiro atoms. The third kappa shape index (κ3) is 4.88. The van der Waals surface area contributed by atoms with E-state index in [-0.39, 0.29) is 31.3 Å². The molecule has 8 heteroatoms. The predicted octanol–water partition coefficient (Wildman–Crippen LogP) is 4.03. The first-order valence-electron chi connectivity index (χ1n) is 8.76. The second kappa shape index (κ2) is 9.16. The number of nitrogens with one attached hydrogen (secondary N) is 1. The normalized spacial score (nSPS) is 15.7. The summed E-state index contributed by atoms with van der Waals surface area (Å²) < 4.78 is 18.4. The van der Waals surface area contributed by atoms with Crippen molar-refractivity contribution in [2.45, 2.75) is 23.5 Å². The lowest BCUT2D eigenvalue weighted by atomic mass is 10.2. The smallest absolute Gasteiger partial charge is 0.307 e. The van der Waals surface area contributed by atoms with Gasteiger partial charge in [0, 0.05) is 10.6 Å². The lowest BCUT2D eigenvalue weighted by Gasteiger charge is -2.33. The van der Waals surface area contributed by atoms with E-state index in [4.69, 9.17) is 17.0 Å². The third-order valence-electron chi connectivity index (χ3n) is 4.03. The van der Waals surface area contributed by atoms with E-state index in [9.17, 15) is 14.0 Å². The maximum absolute atomic E-state index is 13.4. The number of esters is 1. The van der Waals surface area contributed by atoms with E-state index in [2.05, 4.69) is 5.32 Å². The summed E-state index contributed by atoms with van der Waals surface area (Å²) in [4.78, 5) is 27.7. The summed E-state index contributed by atoms with van der Waals surface area (Å²) in [6, 6.07) is 13.4. The van der Waals surface area contributed by atoms with Crippen LogP contribution in [0.4, 0.5) is 15.8 Å². The first-order chi connectivity index (χ1) is 13.5. The van der Waals surface area contributed by atoms with Gasteiger partial charge in [-0.25, -0.2) is 4.39 Å². The number of hydrogen-bond donors (Lipinski definition) is 1. The van der Waals surface area contributed by atoms with Crippen LogP contribution < -0.4 is 10.2 Å². The zero-order chi connectivity index (χ0) is 20.1. The van der Waals surface area contributed by atoms with Gasteiger partial charge in [0.05, 0.1) is 35.5 Å². The van der Waals surface area contributed by atoms with Crippen LogP contribution >= 0.6 is 24.0 Å². The minimum absolute atomic E-state index is 0.00768. The van der Waals surface area contributed by atoms with Crippen molar-refractivity contribution in [3.8, 4) is 0 Å². The zero-order valence-electron chi connectivity index (χ0n) is 15.2. The maximum Gasteiger partial charge on any atom is 0.307 e. The van der Waals surface area contributed by atoms with Crippen molar-refractivity contribution in [2.75, 3.05) is 23.4 Å². The largest absolute Gasteiger partial charge is 0.466 e. The number of nitrogens with zero attached hydrogens (tertiary/aromatic N) is 1. The zero-order valence-corrected chi connectivity index (χ0v) is 16.8. The number of halogens is 1. The van der Waals surface area contributed by atoms with Gasteiger partial charge in [0.1, 0.15) is 5.82 Å². The number of para-hydroxylation sites is 1. The molecule has 5 nitrogen and oxygen atoms in total. The van der Waals surface area contributed by atoms with E-state index in [1.807, 2.05) is 24.3 Å². The summed E-state index contributed by atoms with van der Waals surface area (Å²) in [7, 11) is 0. The van der Waals surface area contributed by atoms with Crippen LogP contribution in [0.25, 0.3) is 0 Å². The van der Waals surface area contributed by atoms with Gasteiger partial charge in [0.15, 0.2) is 0 Å². The minimum atomic E-state index is -0.578. The van der Waals surface area contributed by atoms with E-state index >= 15 is 0 Å². The maximum atomic E-state index is 13.4. The molecule has 2 aromatic rings. The second-order valence-electron chi connectivity index (χ2n) is 6.07. The lowest BCUT2D eigenvalue weighted by molar-refractivity contribution is -0.144. The molecule has 28 heavy (non-hydrogen) atoms. The quantitative estimate of drug-likeness (QED) is 0.565. The van der Waals surface area contributed by atoms with Crippen molar-refractivity contribution in [3.63, 3.8) is 0 Å². The average molecular weight is 419 g/mol. The Morgan fingerprint density at radius 2 is 2.07 bits per heavy atom. The van der Waals surface area contributed by atoms with E-state index < -0.39 is 11.2 Å². The van der Waals surface area contributed by atoms with Crippen LogP contribution in [0.1, 0.15) is 13.3 Å². The van der Waals surface area contributed by atoms with Gasteiger partial charge >= 0.3 is 5.97 Å². The van der Waals surface area contributed by atoms with Gasteiger partial charge in [-0.3, -0.25) is 9.59 Å². The highest BCUT2D eigenvalue weighted by molar-refractivity contribution is 8.01. The number of hydrogen-bond acceptors (Lipinski definition) is 5. The molecule has 0 saturated heterocycles. The van der Waals surface area contributed by atoms with Gasteiger partial charge in [0.25, 0.3) is 0 Å². The van der Waals surface area contributed by atoms with Crippen molar-refractivity contribution in [2.24, 2.45) is 0 Å². The molecule has 0 bridgehead atoms. The number of rotatable bonds is 6. The lowest BCUT2D eigenvalue weighted by Crippen LogP contribution is -2.45. The Kier molecular flexibility index (Phi) is 6.64. The summed E-state index contributed by atoms with van der Waals surface area (Å²) in [6.45, 7) is 2.12. The minimum Gasteiger partial charge on any atom is -0.466 e. The van der Waals surface area contributed by atoms with E-state index in [0.29, 0.717) is 10.7 Å². The van der Waals surface area contributed by atoms with Crippen LogP contribution in [-0.2, 0) is 14.3 Å². The molecule has 3 rings (SSSR count). The Hall–Kier alpha value is -2.45. The van der Waals surface area contributed by atoms with Crippen LogP contribution in [-0.4, -0.2) is 35.3 Å². The fraction of sp³-hybridized carbons (Fsp3) is 0.250. The molecule has 1 unspecified atom stereocenters. The van der Waals surface area contributed by atoms with Gasteiger partial charge in [-0.2, -0.15) is 0 Å². The first kappa shape index (κ1) is 20.3. The van der Waals surface area contributed by atoms with Gasteiger partial charge in [-0.15, -0.1) is 11.8 Å². The van der Waals surface area contributed by atoms with Crippen LogP contribution in [0, 0.1) is 5.82 Å². The summed E-state index contributed by atoms with van der Waals surface area (Å²) in [5, 5.41) is 2.38. The highest BCUT2D eigenvalue weighted by atomic mass is 32.2. The molecule has 1 aliphatic rings. The molecular weight excluding hydrogens is 399 g/mol. The number of fused-ring (bicyclic) bond motifs is 1. The summed E-state index contributed by atoms with van der Waals surface area (Å²) in [5.41, 5.74) is 1.25. The van der Waals surface area contributed by atoms with Gasteiger partial charge < -0.3 is 15.0 Å². The van der Waals surface area contributed by atoms with E-state index in [1.165, 1.54) is 23.9 Å². The molecule has 1 heterocycles. The molecule has 0 aromatic heterocycles. The fourth-order valence-corrected chi connectivity index (χ4v) is 4.31. The molecule has 146 valence electrons. The Labute approximate surface area is 172 Å². The number of benzene rings is 2. The average Bonchev–Trinajstić information content (AvgIpc) is 2.65. The molecule has 2 aromatic carbocycles. The Morgan fingerprint density at radius 1 is 1.29 bits per heavy atom. The van der Waals surface area contributed by atoms with Crippen molar-refractivity contribution in [1.82, 2.24) is 0 Å². The van der Waals surface area contributed by atoms with Crippen molar-refractivity contribution < 1.29 is 18.7 Å². The SMILES string of the molecule is CCOC(=O)CC1Sc2ccccc2N(CC(=S)Nc2cccc(F)c2)C1=O. The van der Waals surface area contributed by atoms with Gasteiger partial charge in [-0.05, 0) is 37.3 Å². The monoisotopic (exact) mass is 418 g/mol. The number of anilines is 2. The number of thioether (sulfide) groups is 1. The van der Waals surface area contributed by atoms with Crippen LogP contribution in [0.15, 0.2) is 53.4 Å². The molecule has 1 atom stereocenters. The molecule has 1 N–H and O–H groups in total. The Balaban J connectivity index is 1.78. The number of thiocarbonyl (C=S) groups is 1. The fourth-order valence-electron chi connectivity index (χ4n) is 2.85. The van der Waals surface area contributed by atoms with E-state index in [0.717, 1.165) is 10.6 Å². The van der Waals surface area contributed by atoms with Crippen molar-refractivity contribution >= 4 is 52.2 Å². The van der Waals surface area contributed by atoms with Crippen molar-refractivity contribution in [3.05, 3.63) is 54.3 Å². The molecule has 0 saturated carbocycles. The molecule has 1 aliphatic heterocycles. The molecule has 0 aliphatic carbocycles.